The van der Waals surface area contributed by atoms with Crippen LogP contribution in [0.5, 0.6) is 0 Å². The van der Waals surface area contributed by atoms with Crippen LogP contribution in [0.1, 0.15) is 65.7 Å². The third kappa shape index (κ3) is 4.43. The van der Waals surface area contributed by atoms with Crippen molar-refractivity contribution in [2.45, 2.75) is 83.4 Å². The van der Waals surface area contributed by atoms with E-state index >= 15 is 0 Å². The van der Waals surface area contributed by atoms with Crippen LogP contribution in [0.3, 0.4) is 0 Å². The molecule has 1 aliphatic heterocycles. The van der Waals surface area contributed by atoms with Gasteiger partial charge in [0.1, 0.15) is 0 Å². The Kier molecular flexibility index (Phi) is 5.67. The third-order valence-corrected chi connectivity index (χ3v) is 5.40. The van der Waals surface area contributed by atoms with Crippen LogP contribution in [0, 0.1) is 5.92 Å². The lowest BCUT2D eigenvalue weighted by Crippen LogP contribution is -2.53. The van der Waals surface area contributed by atoms with Crippen molar-refractivity contribution in [3.63, 3.8) is 0 Å². The van der Waals surface area contributed by atoms with Crippen molar-refractivity contribution in [2.75, 3.05) is 13.1 Å². The first-order chi connectivity index (χ1) is 9.93. The zero-order valence-corrected chi connectivity index (χ0v) is 13.9. The number of nitrogens with one attached hydrogen (secondary N) is 1. The van der Waals surface area contributed by atoms with Crippen LogP contribution in [0.25, 0.3) is 0 Å². The number of aliphatic hydroxyl groups is 1. The number of likely N-dealkylation sites (tertiary alicyclic amines) is 1. The fraction of sp³-hybridized carbons (Fsp3) is 0.941. The number of nitrogens with zero attached hydrogens (tertiary/aromatic N) is 1. The molecular formula is C17H32N2O2. The van der Waals surface area contributed by atoms with Gasteiger partial charge in [-0.1, -0.05) is 19.8 Å². The molecule has 4 nitrogen and oxygen atoms in total. The molecule has 21 heavy (non-hydrogen) atoms. The van der Waals surface area contributed by atoms with E-state index in [1.54, 1.807) is 0 Å². The van der Waals surface area contributed by atoms with Crippen molar-refractivity contribution in [1.82, 2.24) is 10.2 Å². The molecule has 0 aromatic heterocycles. The lowest BCUT2D eigenvalue weighted by Gasteiger charge is -2.40. The monoisotopic (exact) mass is 296 g/mol. The first kappa shape index (κ1) is 16.8. The largest absolute Gasteiger partial charge is 0.393 e. The molecule has 0 radical (unpaired) electrons. The van der Waals surface area contributed by atoms with Crippen LogP contribution in [0.15, 0.2) is 0 Å². The minimum absolute atomic E-state index is 0.126. The van der Waals surface area contributed by atoms with Crippen LogP contribution in [-0.2, 0) is 4.79 Å². The average Bonchev–Trinajstić information content (AvgIpc) is 2.85. The van der Waals surface area contributed by atoms with E-state index in [1.807, 2.05) is 0 Å². The van der Waals surface area contributed by atoms with E-state index in [1.165, 1.54) is 12.8 Å². The number of piperidine rings is 1. The van der Waals surface area contributed by atoms with Gasteiger partial charge in [-0.25, -0.2) is 0 Å². The molecule has 1 heterocycles. The van der Waals surface area contributed by atoms with Gasteiger partial charge < -0.3 is 10.4 Å². The smallest absolute Gasteiger partial charge is 0.234 e. The molecule has 1 saturated carbocycles. The molecule has 2 aliphatic rings. The van der Waals surface area contributed by atoms with E-state index in [-0.39, 0.29) is 17.6 Å². The normalized spacial score (nSPS) is 31.3. The Bertz CT molecular complexity index is 357. The van der Waals surface area contributed by atoms with Gasteiger partial charge in [-0.2, -0.15) is 0 Å². The van der Waals surface area contributed by atoms with Crippen molar-refractivity contribution >= 4 is 5.91 Å². The highest BCUT2D eigenvalue weighted by molar-refractivity contribution is 5.78. The Morgan fingerprint density at radius 2 is 2.00 bits per heavy atom. The Balaban J connectivity index is 1.94. The summed E-state index contributed by atoms with van der Waals surface area (Å²) in [6.07, 6.45) is 7.48. The van der Waals surface area contributed by atoms with E-state index in [2.05, 4.69) is 31.0 Å². The van der Waals surface area contributed by atoms with Crippen LogP contribution in [0.4, 0.5) is 0 Å². The summed E-state index contributed by atoms with van der Waals surface area (Å²) < 4.78 is 0. The van der Waals surface area contributed by atoms with Crippen LogP contribution in [-0.4, -0.2) is 46.7 Å². The fourth-order valence-electron chi connectivity index (χ4n) is 3.81. The summed E-state index contributed by atoms with van der Waals surface area (Å²) in [7, 11) is 0. The molecule has 3 atom stereocenters. The van der Waals surface area contributed by atoms with Gasteiger partial charge in [0.05, 0.1) is 12.6 Å². The third-order valence-electron chi connectivity index (χ3n) is 5.40. The van der Waals surface area contributed by atoms with E-state index < -0.39 is 0 Å². The molecular weight excluding hydrogens is 264 g/mol. The van der Waals surface area contributed by atoms with Gasteiger partial charge in [0.15, 0.2) is 0 Å². The number of hydrogen-bond acceptors (Lipinski definition) is 3. The van der Waals surface area contributed by atoms with Gasteiger partial charge >= 0.3 is 0 Å². The predicted molar refractivity (Wildman–Crippen MR) is 85.1 cm³/mol. The van der Waals surface area contributed by atoms with Crippen molar-refractivity contribution in [3.8, 4) is 0 Å². The molecule has 2 fully saturated rings. The van der Waals surface area contributed by atoms with E-state index in [9.17, 15) is 9.90 Å². The van der Waals surface area contributed by atoms with E-state index in [4.69, 9.17) is 0 Å². The molecule has 2 rings (SSSR count). The lowest BCUT2D eigenvalue weighted by atomic mass is 9.87. The number of amides is 1. The van der Waals surface area contributed by atoms with Crippen LogP contribution >= 0.6 is 0 Å². The summed E-state index contributed by atoms with van der Waals surface area (Å²) in [5.41, 5.74) is -0.130. The van der Waals surface area contributed by atoms with Gasteiger partial charge in [0, 0.05) is 17.5 Å². The number of carbonyl (C=O) groups is 1. The number of aliphatic hydroxyl groups excluding tert-OH is 1. The summed E-state index contributed by atoms with van der Waals surface area (Å²) >= 11 is 0. The second kappa shape index (κ2) is 7.10. The molecule has 3 unspecified atom stereocenters. The number of rotatable bonds is 5. The highest BCUT2D eigenvalue weighted by atomic mass is 16.3. The van der Waals surface area contributed by atoms with E-state index in [0.29, 0.717) is 18.5 Å². The van der Waals surface area contributed by atoms with Gasteiger partial charge in [-0.15, -0.1) is 0 Å². The van der Waals surface area contributed by atoms with Crippen LogP contribution < -0.4 is 5.32 Å². The minimum Gasteiger partial charge on any atom is -0.393 e. The Morgan fingerprint density at radius 1 is 1.24 bits per heavy atom. The Morgan fingerprint density at radius 3 is 2.62 bits per heavy atom. The first-order valence-electron chi connectivity index (χ1n) is 8.66. The molecule has 0 aromatic carbocycles. The van der Waals surface area contributed by atoms with Gasteiger partial charge in [0.2, 0.25) is 5.91 Å². The topological polar surface area (TPSA) is 52.6 Å². The van der Waals surface area contributed by atoms with E-state index in [0.717, 1.165) is 38.6 Å². The average molecular weight is 296 g/mol. The van der Waals surface area contributed by atoms with Crippen LogP contribution in [0.2, 0.25) is 0 Å². The number of carbonyl (C=O) groups excluding carboxylic acids is 1. The lowest BCUT2D eigenvalue weighted by molar-refractivity contribution is -0.125. The molecule has 0 aromatic rings. The zero-order valence-electron chi connectivity index (χ0n) is 13.9. The summed E-state index contributed by atoms with van der Waals surface area (Å²) in [4.78, 5) is 14.6. The van der Waals surface area contributed by atoms with Crippen molar-refractivity contribution in [2.24, 2.45) is 5.92 Å². The maximum atomic E-state index is 12.3. The minimum atomic E-state index is -0.161. The maximum absolute atomic E-state index is 12.3. The second-order valence-corrected chi connectivity index (χ2v) is 7.48. The summed E-state index contributed by atoms with van der Waals surface area (Å²) in [6.45, 7) is 7.71. The fourth-order valence-corrected chi connectivity index (χ4v) is 3.81. The zero-order chi connectivity index (χ0) is 15.5. The van der Waals surface area contributed by atoms with Gasteiger partial charge in [-0.05, 0) is 52.5 Å². The molecule has 0 bridgehead atoms. The first-order valence-corrected chi connectivity index (χ1v) is 8.66. The summed E-state index contributed by atoms with van der Waals surface area (Å²) in [5.74, 6) is 0.499. The quantitative estimate of drug-likeness (QED) is 0.818. The van der Waals surface area contributed by atoms with Crippen molar-refractivity contribution in [3.05, 3.63) is 0 Å². The highest BCUT2D eigenvalue weighted by Crippen LogP contribution is 2.35. The molecule has 122 valence electrons. The summed E-state index contributed by atoms with van der Waals surface area (Å²) in [6, 6.07) is 0.395. The standard InChI is InChI=1S/C17H32N2O2/c1-4-17(2,3)18-16(21)12-19-11-6-5-9-14(19)13-8-7-10-15(13)20/h13-15,20H,4-12H2,1-3H3,(H,18,21). The molecule has 2 N–H and O–H groups in total. The second-order valence-electron chi connectivity index (χ2n) is 7.48. The molecule has 0 spiro atoms. The predicted octanol–water partition coefficient (Wildman–Crippen LogP) is 2.31. The van der Waals surface area contributed by atoms with Crippen molar-refractivity contribution < 1.29 is 9.90 Å². The Labute approximate surface area is 129 Å². The molecule has 1 aliphatic carbocycles. The molecule has 1 saturated heterocycles. The highest BCUT2D eigenvalue weighted by Gasteiger charge is 2.37. The summed E-state index contributed by atoms with van der Waals surface area (Å²) in [5, 5.41) is 13.3. The molecule has 4 heteroatoms. The number of hydrogen-bond donors (Lipinski definition) is 2. The van der Waals surface area contributed by atoms with Gasteiger partial charge in [0.25, 0.3) is 0 Å². The molecule has 1 amide bonds. The maximum Gasteiger partial charge on any atom is 0.234 e. The van der Waals surface area contributed by atoms with Gasteiger partial charge in [-0.3, -0.25) is 9.69 Å². The Hall–Kier alpha value is -0.610. The SMILES string of the molecule is CCC(C)(C)NC(=O)CN1CCCCC1C1CCCC1O. The van der Waals surface area contributed by atoms with Crippen molar-refractivity contribution in [1.29, 1.82) is 0 Å².